The van der Waals surface area contributed by atoms with Crippen LogP contribution < -0.4 is 0 Å². The predicted octanol–water partition coefficient (Wildman–Crippen LogP) is 4.13. The SMILES string of the molecule is CCCSc1cccc(-c2nc3ccncc3[nH]2)c1. The number of aromatic nitrogens is 3. The number of imidazole rings is 1. The van der Waals surface area contributed by atoms with E-state index in [1.807, 2.05) is 24.0 Å². The molecule has 3 rings (SSSR count). The lowest BCUT2D eigenvalue weighted by Gasteiger charge is -2.02. The van der Waals surface area contributed by atoms with Gasteiger partial charge in [0.15, 0.2) is 0 Å². The smallest absolute Gasteiger partial charge is 0.138 e. The van der Waals surface area contributed by atoms with Gasteiger partial charge in [0, 0.05) is 16.7 Å². The van der Waals surface area contributed by atoms with E-state index in [9.17, 15) is 0 Å². The highest BCUT2D eigenvalue weighted by Crippen LogP contribution is 2.25. The summed E-state index contributed by atoms with van der Waals surface area (Å²) in [4.78, 5) is 13.3. The minimum absolute atomic E-state index is 0.905. The van der Waals surface area contributed by atoms with Gasteiger partial charge in [-0.15, -0.1) is 11.8 Å². The summed E-state index contributed by atoms with van der Waals surface area (Å²) in [5.41, 5.74) is 3.05. The molecule has 2 heterocycles. The lowest BCUT2D eigenvalue weighted by Crippen LogP contribution is -1.82. The summed E-state index contributed by atoms with van der Waals surface area (Å²) < 4.78 is 0. The number of hydrogen-bond acceptors (Lipinski definition) is 3. The second-order valence-electron chi connectivity index (χ2n) is 4.35. The molecule has 0 saturated carbocycles. The first-order valence-corrected chi connectivity index (χ1v) is 7.38. The van der Waals surface area contributed by atoms with Gasteiger partial charge >= 0.3 is 0 Å². The van der Waals surface area contributed by atoms with Crippen LogP contribution in [0.25, 0.3) is 22.4 Å². The molecule has 0 aliphatic carbocycles. The van der Waals surface area contributed by atoms with Gasteiger partial charge in [-0.3, -0.25) is 4.98 Å². The number of nitrogens with zero attached hydrogens (tertiary/aromatic N) is 2. The summed E-state index contributed by atoms with van der Waals surface area (Å²) in [5.74, 6) is 2.05. The molecule has 0 saturated heterocycles. The number of thioether (sulfide) groups is 1. The summed E-state index contributed by atoms with van der Waals surface area (Å²) in [6, 6.07) is 10.4. The molecule has 4 heteroatoms. The second-order valence-corrected chi connectivity index (χ2v) is 5.52. The van der Waals surface area contributed by atoms with E-state index in [-0.39, 0.29) is 0 Å². The highest BCUT2D eigenvalue weighted by atomic mass is 32.2. The van der Waals surface area contributed by atoms with Gasteiger partial charge < -0.3 is 4.98 Å². The lowest BCUT2D eigenvalue weighted by molar-refractivity contribution is 1.10. The van der Waals surface area contributed by atoms with Gasteiger partial charge in [0.2, 0.25) is 0 Å². The van der Waals surface area contributed by atoms with E-state index in [0.717, 1.165) is 28.2 Å². The molecule has 0 aliphatic heterocycles. The van der Waals surface area contributed by atoms with Gasteiger partial charge in [-0.2, -0.15) is 0 Å². The van der Waals surface area contributed by atoms with Crippen molar-refractivity contribution in [2.24, 2.45) is 0 Å². The Kier molecular flexibility index (Phi) is 3.51. The average molecular weight is 269 g/mol. The molecule has 0 spiro atoms. The maximum absolute atomic E-state index is 4.60. The van der Waals surface area contributed by atoms with Gasteiger partial charge in [0.1, 0.15) is 5.82 Å². The van der Waals surface area contributed by atoms with Crippen molar-refractivity contribution >= 4 is 22.8 Å². The molecule has 0 atom stereocenters. The van der Waals surface area contributed by atoms with Crippen LogP contribution in [0.3, 0.4) is 0 Å². The summed E-state index contributed by atoms with van der Waals surface area (Å²) in [6.45, 7) is 2.20. The molecule has 0 bridgehead atoms. The third-order valence-corrected chi connectivity index (χ3v) is 4.06. The Morgan fingerprint density at radius 3 is 3.05 bits per heavy atom. The molecule has 3 aromatic rings. The molecule has 19 heavy (non-hydrogen) atoms. The normalized spacial score (nSPS) is 11.0. The number of H-pyrrole nitrogens is 1. The van der Waals surface area contributed by atoms with Crippen LogP contribution in [-0.2, 0) is 0 Å². The Morgan fingerprint density at radius 1 is 1.26 bits per heavy atom. The monoisotopic (exact) mass is 269 g/mol. The highest BCUT2D eigenvalue weighted by Gasteiger charge is 2.05. The topological polar surface area (TPSA) is 41.6 Å². The minimum atomic E-state index is 0.905. The Labute approximate surface area is 116 Å². The third-order valence-electron chi connectivity index (χ3n) is 2.86. The van der Waals surface area contributed by atoms with Gasteiger partial charge in [-0.25, -0.2) is 4.98 Å². The largest absolute Gasteiger partial charge is 0.337 e. The number of fused-ring (bicyclic) bond motifs is 1. The van der Waals surface area contributed by atoms with E-state index >= 15 is 0 Å². The van der Waals surface area contributed by atoms with Crippen molar-refractivity contribution in [1.29, 1.82) is 0 Å². The first kappa shape index (κ1) is 12.2. The fourth-order valence-corrected chi connectivity index (χ4v) is 2.77. The quantitative estimate of drug-likeness (QED) is 0.724. The molecule has 0 unspecified atom stereocenters. The van der Waals surface area contributed by atoms with Crippen LogP contribution in [0.4, 0.5) is 0 Å². The first-order chi connectivity index (χ1) is 9.36. The Hall–Kier alpha value is -1.81. The molecule has 1 N–H and O–H groups in total. The number of benzene rings is 1. The molecule has 3 nitrogen and oxygen atoms in total. The van der Waals surface area contributed by atoms with E-state index in [0.29, 0.717) is 0 Å². The fraction of sp³-hybridized carbons (Fsp3) is 0.200. The number of hydrogen-bond donors (Lipinski definition) is 1. The number of aromatic amines is 1. The van der Waals surface area contributed by atoms with Crippen molar-refractivity contribution in [1.82, 2.24) is 15.0 Å². The van der Waals surface area contributed by atoms with Crippen LogP contribution in [0.5, 0.6) is 0 Å². The predicted molar refractivity (Wildman–Crippen MR) is 80.3 cm³/mol. The molecule has 1 aromatic carbocycles. The Balaban J connectivity index is 1.96. The van der Waals surface area contributed by atoms with E-state index in [4.69, 9.17) is 0 Å². The standard InChI is InChI=1S/C15H15N3S/c1-2-8-19-12-5-3-4-11(9-12)15-17-13-6-7-16-10-14(13)18-15/h3-7,9-10H,2,8H2,1H3,(H,17,18). The van der Waals surface area contributed by atoms with E-state index in [1.54, 1.807) is 6.20 Å². The number of pyridine rings is 1. The highest BCUT2D eigenvalue weighted by molar-refractivity contribution is 7.99. The van der Waals surface area contributed by atoms with E-state index in [2.05, 4.69) is 46.1 Å². The van der Waals surface area contributed by atoms with E-state index < -0.39 is 0 Å². The van der Waals surface area contributed by atoms with Crippen LogP contribution in [0.15, 0.2) is 47.6 Å². The zero-order chi connectivity index (χ0) is 13.1. The molecule has 2 aromatic heterocycles. The Morgan fingerprint density at radius 2 is 2.21 bits per heavy atom. The first-order valence-electron chi connectivity index (χ1n) is 6.40. The van der Waals surface area contributed by atoms with Crippen LogP contribution in [-0.4, -0.2) is 20.7 Å². The van der Waals surface area contributed by atoms with Crippen LogP contribution >= 0.6 is 11.8 Å². The van der Waals surface area contributed by atoms with Crippen molar-refractivity contribution in [2.45, 2.75) is 18.2 Å². The number of nitrogens with one attached hydrogen (secondary N) is 1. The molecular formula is C15H15N3S. The molecule has 0 aliphatic rings. The summed E-state index contributed by atoms with van der Waals surface area (Å²) in [7, 11) is 0. The average Bonchev–Trinajstić information content (AvgIpc) is 2.89. The maximum Gasteiger partial charge on any atom is 0.138 e. The maximum atomic E-state index is 4.60. The fourth-order valence-electron chi connectivity index (χ4n) is 1.95. The Bertz CT molecular complexity index is 657. The number of rotatable bonds is 4. The lowest BCUT2D eigenvalue weighted by atomic mass is 10.2. The van der Waals surface area contributed by atoms with Crippen LogP contribution in [0.2, 0.25) is 0 Å². The summed E-state index contributed by atoms with van der Waals surface area (Å²) in [6.07, 6.45) is 4.76. The van der Waals surface area contributed by atoms with Crippen molar-refractivity contribution < 1.29 is 0 Å². The van der Waals surface area contributed by atoms with Crippen LogP contribution in [0, 0.1) is 0 Å². The van der Waals surface area contributed by atoms with Crippen molar-refractivity contribution in [3.63, 3.8) is 0 Å². The van der Waals surface area contributed by atoms with Crippen molar-refractivity contribution in [2.75, 3.05) is 5.75 Å². The van der Waals surface area contributed by atoms with Gasteiger partial charge in [-0.05, 0) is 30.4 Å². The summed E-state index contributed by atoms with van der Waals surface area (Å²) in [5, 5.41) is 0. The van der Waals surface area contributed by atoms with Gasteiger partial charge in [0.25, 0.3) is 0 Å². The minimum Gasteiger partial charge on any atom is -0.337 e. The van der Waals surface area contributed by atoms with Crippen molar-refractivity contribution in [3.05, 3.63) is 42.7 Å². The molecular weight excluding hydrogens is 254 g/mol. The van der Waals surface area contributed by atoms with Crippen LogP contribution in [0.1, 0.15) is 13.3 Å². The zero-order valence-electron chi connectivity index (χ0n) is 10.8. The van der Waals surface area contributed by atoms with Crippen molar-refractivity contribution in [3.8, 4) is 11.4 Å². The second kappa shape index (κ2) is 5.45. The summed E-state index contributed by atoms with van der Waals surface area (Å²) >= 11 is 1.88. The molecule has 0 fully saturated rings. The molecule has 0 amide bonds. The third kappa shape index (κ3) is 2.63. The van der Waals surface area contributed by atoms with E-state index in [1.165, 1.54) is 11.3 Å². The van der Waals surface area contributed by atoms with Gasteiger partial charge in [-0.1, -0.05) is 19.1 Å². The zero-order valence-corrected chi connectivity index (χ0v) is 11.6. The molecule has 96 valence electrons. The molecule has 0 radical (unpaired) electrons. The van der Waals surface area contributed by atoms with Gasteiger partial charge in [0.05, 0.1) is 17.2 Å².